The van der Waals surface area contributed by atoms with E-state index in [4.69, 9.17) is 27.8 Å². The molecule has 0 unspecified atom stereocenters. The van der Waals surface area contributed by atoms with Gasteiger partial charge in [0.1, 0.15) is 22.2 Å². The summed E-state index contributed by atoms with van der Waals surface area (Å²) >= 11 is 5.96. The van der Waals surface area contributed by atoms with E-state index >= 15 is 0 Å². The number of hydrogen-bond donors (Lipinski definition) is 2. The molecule has 7 nitrogen and oxygen atoms in total. The summed E-state index contributed by atoms with van der Waals surface area (Å²) in [7, 11) is 0. The summed E-state index contributed by atoms with van der Waals surface area (Å²) < 4.78 is 90.7. The molecule has 36 heavy (non-hydrogen) atoms. The van der Waals surface area contributed by atoms with Crippen LogP contribution in [0.25, 0.3) is 16.9 Å². The molecule has 2 heterocycles. The molecule has 0 saturated carbocycles. The number of benzene rings is 2. The van der Waals surface area contributed by atoms with Crippen molar-refractivity contribution in [1.82, 2.24) is 14.8 Å². The number of aromatic nitrogens is 3. The zero-order valence-electron chi connectivity index (χ0n) is 17.6. The lowest BCUT2D eigenvalue weighted by Gasteiger charge is -2.12. The van der Waals surface area contributed by atoms with E-state index < -0.39 is 57.9 Å². The molecule has 0 spiro atoms. The molecule has 0 atom stereocenters. The third kappa shape index (κ3) is 4.40. The van der Waals surface area contributed by atoms with Gasteiger partial charge in [-0.15, -0.1) is 0 Å². The standard InChI is InChI=1S/C22H12ClF6N5O2/c23-16-14(6-7-32-20(16)30)36-13-5-4-9(8-12(13)26)17-15(21(31)35)19(22(27,28)29)34(33-17)18-10(24)2-1-3-11(18)25/h1-8H,(H2,30,32)(H2,31,35). The van der Waals surface area contributed by atoms with Gasteiger partial charge in [0, 0.05) is 17.8 Å². The summed E-state index contributed by atoms with van der Waals surface area (Å²) in [5.41, 5.74) is 5.35. The maximum absolute atomic E-state index is 14.9. The van der Waals surface area contributed by atoms with Crippen LogP contribution in [0.15, 0.2) is 48.7 Å². The van der Waals surface area contributed by atoms with Gasteiger partial charge >= 0.3 is 6.18 Å². The number of nitrogen functional groups attached to an aromatic ring is 1. The van der Waals surface area contributed by atoms with Crippen molar-refractivity contribution in [2.24, 2.45) is 5.73 Å². The number of carbonyl (C=O) groups is 1. The van der Waals surface area contributed by atoms with E-state index in [1.807, 2.05) is 0 Å². The van der Waals surface area contributed by atoms with Gasteiger partial charge in [-0.25, -0.2) is 22.8 Å². The Morgan fingerprint density at radius 3 is 2.25 bits per heavy atom. The van der Waals surface area contributed by atoms with E-state index in [0.29, 0.717) is 18.2 Å². The Bertz CT molecular complexity index is 1490. The number of hydrogen-bond acceptors (Lipinski definition) is 5. The molecule has 0 saturated heterocycles. The maximum Gasteiger partial charge on any atom is 0.434 e. The number of carbonyl (C=O) groups excluding carboxylic acids is 1. The Morgan fingerprint density at radius 2 is 1.67 bits per heavy atom. The van der Waals surface area contributed by atoms with E-state index in [1.54, 1.807) is 0 Å². The molecule has 0 bridgehead atoms. The third-order valence-corrected chi connectivity index (χ3v) is 5.24. The summed E-state index contributed by atoms with van der Waals surface area (Å²) in [6.07, 6.45) is -4.08. The minimum Gasteiger partial charge on any atom is -0.453 e. The average Bonchev–Trinajstić information content (AvgIpc) is 3.19. The number of rotatable bonds is 5. The number of amides is 1. The maximum atomic E-state index is 14.9. The fraction of sp³-hybridized carbons (Fsp3) is 0.0455. The molecule has 0 aliphatic rings. The van der Waals surface area contributed by atoms with Crippen LogP contribution < -0.4 is 16.2 Å². The second-order valence-electron chi connectivity index (χ2n) is 7.17. The van der Waals surface area contributed by atoms with Gasteiger partial charge in [0.15, 0.2) is 34.6 Å². The topological polar surface area (TPSA) is 109 Å². The summed E-state index contributed by atoms with van der Waals surface area (Å²) in [6.45, 7) is 0. The number of alkyl halides is 3. The summed E-state index contributed by atoms with van der Waals surface area (Å²) in [6, 6.07) is 6.39. The van der Waals surface area contributed by atoms with Gasteiger partial charge in [0.05, 0.1) is 5.56 Å². The lowest BCUT2D eigenvalue weighted by Crippen LogP contribution is -2.22. The van der Waals surface area contributed by atoms with Crippen LogP contribution >= 0.6 is 11.6 Å². The van der Waals surface area contributed by atoms with Crippen molar-refractivity contribution >= 4 is 23.3 Å². The Morgan fingerprint density at radius 1 is 1.00 bits per heavy atom. The number of anilines is 1. The first-order valence-electron chi connectivity index (χ1n) is 9.72. The van der Waals surface area contributed by atoms with Gasteiger partial charge in [-0.05, 0) is 30.3 Å². The molecule has 2 aromatic carbocycles. The number of halogens is 7. The molecular formula is C22H12ClF6N5O2. The molecule has 1 amide bonds. The number of ether oxygens (including phenoxy) is 1. The average molecular weight is 528 g/mol. The molecule has 0 aliphatic heterocycles. The van der Waals surface area contributed by atoms with Crippen LogP contribution in [0.3, 0.4) is 0 Å². The third-order valence-electron chi connectivity index (χ3n) is 4.86. The van der Waals surface area contributed by atoms with Crippen LogP contribution in [0.1, 0.15) is 16.1 Å². The van der Waals surface area contributed by atoms with Crippen molar-refractivity contribution < 1.29 is 35.9 Å². The van der Waals surface area contributed by atoms with Gasteiger partial charge in [-0.3, -0.25) is 4.79 Å². The normalized spacial score (nSPS) is 11.5. The van der Waals surface area contributed by atoms with Crippen molar-refractivity contribution in [1.29, 1.82) is 0 Å². The van der Waals surface area contributed by atoms with Gasteiger partial charge in [0.2, 0.25) is 0 Å². The fourth-order valence-corrected chi connectivity index (χ4v) is 3.49. The molecular weight excluding hydrogens is 516 g/mol. The molecule has 186 valence electrons. The van der Waals surface area contributed by atoms with E-state index in [9.17, 15) is 31.1 Å². The summed E-state index contributed by atoms with van der Waals surface area (Å²) in [5, 5.41) is 3.49. The summed E-state index contributed by atoms with van der Waals surface area (Å²) in [5.74, 6) is -6.07. The Hall–Kier alpha value is -4.26. The van der Waals surface area contributed by atoms with Gasteiger partial charge < -0.3 is 16.2 Å². The lowest BCUT2D eigenvalue weighted by atomic mass is 10.0. The zero-order chi connectivity index (χ0) is 26.4. The van der Waals surface area contributed by atoms with Crippen molar-refractivity contribution in [3.05, 3.63) is 82.4 Å². The van der Waals surface area contributed by atoms with E-state index in [-0.39, 0.29) is 26.8 Å². The van der Waals surface area contributed by atoms with Crippen LogP contribution in [-0.2, 0) is 6.18 Å². The second kappa shape index (κ2) is 9.07. The second-order valence-corrected chi connectivity index (χ2v) is 7.55. The van der Waals surface area contributed by atoms with Gasteiger partial charge in [-0.1, -0.05) is 17.7 Å². The minimum atomic E-state index is -5.33. The predicted molar refractivity (Wildman–Crippen MR) is 116 cm³/mol. The van der Waals surface area contributed by atoms with E-state index in [0.717, 1.165) is 18.2 Å². The van der Waals surface area contributed by atoms with Crippen molar-refractivity contribution in [3.63, 3.8) is 0 Å². The van der Waals surface area contributed by atoms with Gasteiger partial charge in [0.25, 0.3) is 5.91 Å². The van der Waals surface area contributed by atoms with Crippen LogP contribution in [0, 0.1) is 17.5 Å². The number of nitrogens with two attached hydrogens (primary N) is 2. The number of pyridine rings is 1. The molecule has 0 aliphatic carbocycles. The first-order valence-corrected chi connectivity index (χ1v) is 10.1. The largest absolute Gasteiger partial charge is 0.453 e. The Balaban J connectivity index is 1.90. The zero-order valence-corrected chi connectivity index (χ0v) is 18.3. The van der Waals surface area contributed by atoms with E-state index in [1.165, 1.54) is 12.3 Å². The molecule has 14 heteroatoms. The van der Waals surface area contributed by atoms with Crippen LogP contribution in [0.4, 0.5) is 32.2 Å². The first kappa shape index (κ1) is 24.9. The number of primary amides is 1. The Kier molecular flexibility index (Phi) is 6.26. The summed E-state index contributed by atoms with van der Waals surface area (Å²) in [4.78, 5) is 15.8. The van der Waals surface area contributed by atoms with Crippen molar-refractivity contribution in [2.45, 2.75) is 6.18 Å². The molecule has 4 aromatic rings. The van der Waals surface area contributed by atoms with Gasteiger partial charge in [-0.2, -0.15) is 18.3 Å². The molecule has 4 N–H and O–H groups in total. The first-order chi connectivity index (χ1) is 16.9. The number of nitrogens with zero attached hydrogens (tertiary/aromatic N) is 3. The molecule has 0 radical (unpaired) electrons. The van der Waals surface area contributed by atoms with Crippen LogP contribution in [0.5, 0.6) is 11.5 Å². The lowest BCUT2D eigenvalue weighted by molar-refractivity contribution is -0.143. The molecule has 2 aromatic heterocycles. The molecule has 0 fully saturated rings. The highest BCUT2D eigenvalue weighted by molar-refractivity contribution is 6.34. The van der Waals surface area contributed by atoms with Crippen molar-refractivity contribution in [2.75, 3.05) is 5.73 Å². The minimum absolute atomic E-state index is 0.0627. The quantitative estimate of drug-likeness (QED) is 0.333. The monoisotopic (exact) mass is 527 g/mol. The SMILES string of the molecule is NC(=O)c1c(-c2ccc(Oc3ccnc(N)c3Cl)c(F)c2)nn(-c2c(F)cccc2F)c1C(F)(F)F. The highest BCUT2D eigenvalue weighted by Gasteiger charge is 2.43. The highest BCUT2D eigenvalue weighted by Crippen LogP contribution is 2.40. The molecule has 4 rings (SSSR count). The fourth-order valence-electron chi connectivity index (χ4n) is 3.34. The van der Waals surface area contributed by atoms with Crippen LogP contribution in [0.2, 0.25) is 5.02 Å². The predicted octanol–water partition coefficient (Wildman–Crippen LogP) is 5.50. The Labute approximate surface area is 202 Å². The highest BCUT2D eigenvalue weighted by atomic mass is 35.5. The van der Waals surface area contributed by atoms with Crippen LogP contribution in [-0.4, -0.2) is 20.7 Å². The van der Waals surface area contributed by atoms with Crippen molar-refractivity contribution in [3.8, 4) is 28.4 Å². The number of para-hydroxylation sites is 1. The van der Waals surface area contributed by atoms with E-state index in [2.05, 4.69) is 10.1 Å². The smallest absolute Gasteiger partial charge is 0.434 e.